The van der Waals surface area contributed by atoms with Crippen LogP contribution in [0.4, 0.5) is 0 Å². The Bertz CT molecular complexity index is 808. The van der Waals surface area contributed by atoms with E-state index in [9.17, 15) is 0 Å². The van der Waals surface area contributed by atoms with E-state index in [-0.39, 0.29) is 24.0 Å². The van der Waals surface area contributed by atoms with Crippen LogP contribution in [-0.2, 0) is 13.0 Å². The van der Waals surface area contributed by atoms with E-state index < -0.39 is 0 Å². The molecule has 0 atom stereocenters. The van der Waals surface area contributed by atoms with Crippen LogP contribution in [0.25, 0.3) is 10.9 Å². The summed E-state index contributed by atoms with van der Waals surface area (Å²) < 4.78 is 0. The summed E-state index contributed by atoms with van der Waals surface area (Å²) in [6.07, 6.45) is 0.971. The molecule has 25 heavy (non-hydrogen) atoms. The molecule has 3 rings (SSSR count). The molecule has 0 aliphatic heterocycles. The molecule has 3 aromatic rings. The number of para-hydroxylation sites is 1. The fourth-order valence-corrected chi connectivity index (χ4v) is 3.49. The van der Waals surface area contributed by atoms with E-state index >= 15 is 0 Å². The maximum Gasteiger partial charge on any atom is 0.191 e. The molecule has 0 aliphatic rings. The molecular weight excluding hydrogens is 443 g/mol. The van der Waals surface area contributed by atoms with E-state index in [0.29, 0.717) is 0 Å². The number of halogens is 1. The summed E-state index contributed by atoms with van der Waals surface area (Å²) in [5, 5.41) is 10.2. The maximum absolute atomic E-state index is 4.66. The van der Waals surface area contributed by atoms with Crippen LogP contribution in [0, 0.1) is 6.92 Å². The van der Waals surface area contributed by atoms with E-state index in [4.69, 9.17) is 0 Å². The third kappa shape index (κ3) is 5.22. The first-order valence-corrected chi connectivity index (χ1v) is 9.26. The van der Waals surface area contributed by atoms with E-state index in [2.05, 4.69) is 76.2 Å². The fraction of sp³-hybridized carbons (Fsp3) is 0.316. The highest BCUT2D eigenvalue weighted by Crippen LogP contribution is 2.21. The number of H-pyrrole nitrogens is 1. The van der Waals surface area contributed by atoms with Crippen molar-refractivity contribution in [1.29, 1.82) is 0 Å². The second kappa shape index (κ2) is 9.82. The standard InChI is InChI=1S/C19H24N4S.HI/c1-3-20-19(22-13-15-7-6-12-24-15)21-11-10-16-14(2)23-18-9-5-4-8-17(16)18;/h4-9,12,23H,3,10-11,13H2,1-2H3,(H2,20,21,22);1H. The second-order valence-corrected chi connectivity index (χ2v) is 6.76. The van der Waals surface area contributed by atoms with Gasteiger partial charge in [0.05, 0.1) is 6.54 Å². The van der Waals surface area contributed by atoms with Crippen molar-refractivity contribution in [3.63, 3.8) is 0 Å². The molecule has 0 fully saturated rings. The van der Waals surface area contributed by atoms with Gasteiger partial charge in [-0.2, -0.15) is 0 Å². The Kier molecular flexibility index (Phi) is 7.77. The minimum Gasteiger partial charge on any atom is -0.358 e. The van der Waals surface area contributed by atoms with E-state index in [1.807, 2.05) is 0 Å². The topological polar surface area (TPSA) is 52.2 Å². The summed E-state index contributed by atoms with van der Waals surface area (Å²) in [7, 11) is 0. The van der Waals surface area contributed by atoms with Gasteiger partial charge in [-0.25, -0.2) is 4.99 Å². The van der Waals surface area contributed by atoms with Crippen LogP contribution < -0.4 is 10.6 Å². The lowest BCUT2D eigenvalue weighted by molar-refractivity contribution is 0.800. The molecule has 3 N–H and O–H groups in total. The number of aromatic amines is 1. The lowest BCUT2D eigenvalue weighted by Gasteiger charge is -2.11. The Morgan fingerprint density at radius 1 is 1.16 bits per heavy atom. The summed E-state index contributed by atoms with van der Waals surface area (Å²) in [5.41, 5.74) is 3.84. The van der Waals surface area contributed by atoms with Crippen molar-refractivity contribution in [1.82, 2.24) is 15.6 Å². The molecule has 0 spiro atoms. The molecule has 0 unspecified atom stereocenters. The van der Waals surface area contributed by atoms with Crippen LogP contribution in [0.5, 0.6) is 0 Å². The number of thiophene rings is 1. The van der Waals surface area contributed by atoms with Crippen LogP contribution in [0.15, 0.2) is 46.8 Å². The first-order chi connectivity index (χ1) is 11.8. The zero-order valence-corrected chi connectivity index (χ0v) is 17.8. The summed E-state index contributed by atoms with van der Waals surface area (Å²) in [4.78, 5) is 9.40. The van der Waals surface area contributed by atoms with Gasteiger partial charge < -0.3 is 15.6 Å². The molecule has 4 nitrogen and oxygen atoms in total. The Labute approximate surface area is 170 Å². The molecule has 6 heteroatoms. The number of rotatable bonds is 6. The monoisotopic (exact) mass is 468 g/mol. The van der Waals surface area contributed by atoms with Crippen LogP contribution in [0.1, 0.15) is 23.1 Å². The van der Waals surface area contributed by atoms with Crippen molar-refractivity contribution in [2.24, 2.45) is 4.99 Å². The SMILES string of the molecule is CCNC(=NCc1cccs1)NCCc1c(C)[nH]c2ccccc12.I. The lowest BCUT2D eigenvalue weighted by Crippen LogP contribution is -2.38. The predicted octanol–water partition coefficient (Wildman–Crippen LogP) is 4.45. The average Bonchev–Trinajstić information content (AvgIpc) is 3.20. The van der Waals surface area contributed by atoms with Crippen molar-refractivity contribution >= 4 is 52.2 Å². The zero-order valence-electron chi connectivity index (χ0n) is 14.6. The molecule has 0 aliphatic carbocycles. The van der Waals surface area contributed by atoms with Gasteiger partial charge in [0.25, 0.3) is 0 Å². The smallest absolute Gasteiger partial charge is 0.191 e. The van der Waals surface area contributed by atoms with Crippen LogP contribution >= 0.6 is 35.3 Å². The van der Waals surface area contributed by atoms with Gasteiger partial charge in [0, 0.05) is 34.6 Å². The number of nitrogens with one attached hydrogen (secondary N) is 3. The first kappa shape index (κ1) is 19.8. The second-order valence-electron chi connectivity index (χ2n) is 5.73. The highest BCUT2D eigenvalue weighted by atomic mass is 127. The Morgan fingerprint density at radius 2 is 2.00 bits per heavy atom. The number of fused-ring (bicyclic) bond motifs is 1. The molecule has 134 valence electrons. The normalized spacial score (nSPS) is 11.4. The minimum absolute atomic E-state index is 0. The molecule has 2 heterocycles. The van der Waals surface area contributed by atoms with Crippen molar-refractivity contribution in [2.75, 3.05) is 13.1 Å². The number of hydrogen-bond acceptors (Lipinski definition) is 2. The molecule has 0 radical (unpaired) electrons. The first-order valence-electron chi connectivity index (χ1n) is 8.38. The Morgan fingerprint density at radius 3 is 2.76 bits per heavy atom. The third-order valence-corrected chi connectivity index (χ3v) is 4.87. The Hall–Kier alpha value is -1.54. The van der Waals surface area contributed by atoms with Crippen LogP contribution in [-0.4, -0.2) is 24.0 Å². The Balaban J connectivity index is 0.00000225. The highest BCUT2D eigenvalue weighted by molar-refractivity contribution is 14.0. The number of hydrogen-bond donors (Lipinski definition) is 3. The van der Waals surface area contributed by atoms with Gasteiger partial charge in [-0.3, -0.25) is 0 Å². The van der Waals surface area contributed by atoms with Crippen LogP contribution in [0.2, 0.25) is 0 Å². The average molecular weight is 468 g/mol. The van der Waals surface area contributed by atoms with Gasteiger partial charge in [-0.15, -0.1) is 35.3 Å². The van der Waals surface area contributed by atoms with Crippen molar-refractivity contribution in [2.45, 2.75) is 26.8 Å². The molecule has 0 saturated heterocycles. The maximum atomic E-state index is 4.66. The van der Waals surface area contributed by atoms with Crippen LogP contribution in [0.3, 0.4) is 0 Å². The summed E-state index contributed by atoms with van der Waals surface area (Å²) >= 11 is 1.74. The van der Waals surface area contributed by atoms with Gasteiger partial charge in [0.1, 0.15) is 0 Å². The number of guanidine groups is 1. The number of benzene rings is 1. The van der Waals surface area contributed by atoms with Crippen molar-refractivity contribution in [3.05, 3.63) is 57.9 Å². The summed E-state index contributed by atoms with van der Waals surface area (Å²) in [6, 6.07) is 12.7. The fourth-order valence-electron chi connectivity index (χ4n) is 2.86. The zero-order chi connectivity index (χ0) is 16.8. The van der Waals surface area contributed by atoms with Crippen molar-refractivity contribution < 1.29 is 0 Å². The molecule has 1 aromatic carbocycles. The molecule has 0 amide bonds. The quantitative estimate of drug-likeness (QED) is 0.285. The summed E-state index contributed by atoms with van der Waals surface area (Å²) in [6.45, 7) is 6.68. The number of aromatic nitrogens is 1. The van der Waals surface area contributed by atoms with E-state index in [1.54, 1.807) is 11.3 Å². The highest BCUT2D eigenvalue weighted by Gasteiger charge is 2.07. The van der Waals surface area contributed by atoms with Gasteiger partial charge in [-0.1, -0.05) is 24.3 Å². The van der Waals surface area contributed by atoms with Gasteiger partial charge in [0.15, 0.2) is 5.96 Å². The summed E-state index contributed by atoms with van der Waals surface area (Å²) in [5.74, 6) is 0.878. The molecule has 0 bridgehead atoms. The van der Waals surface area contributed by atoms with Gasteiger partial charge in [0.2, 0.25) is 0 Å². The minimum atomic E-state index is 0. The van der Waals surface area contributed by atoms with Gasteiger partial charge >= 0.3 is 0 Å². The molecule has 2 aromatic heterocycles. The molecule has 0 saturated carbocycles. The number of aliphatic imine (C=N–C) groups is 1. The van der Waals surface area contributed by atoms with E-state index in [0.717, 1.165) is 32.0 Å². The van der Waals surface area contributed by atoms with Gasteiger partial charge in [-0.05, 0) is 43.3 Å². The largest absolute Gasteiger partial charge is 0.358 e. The van der Waals surface area contributed by atoms with E-state index in [1.165, 1.54) is 27.0 Å². The third-order valence-electron chi connectivity index (χ3n) is 4.01. The number of nitrogens with zero attached hydrogens (tertiary/aromatic N) is 1. The van der Waals surface area contributed by atoms with Crippen molar-refractivity contribution in [3.8, 4) is 0 Å². The lowest BCUT2D eigenvalue weighted by atomic mass is 10.1. The molecular formula is C19H25IN4S. The number of aryl methyl sites for hydroxylation is 1. The predicted molar refractivity (Wildman–Crippen MR) is 119 cm³/mol.